The maximum atomic E-state index is 2.68. The molecule has 1 heterocycles. The molecule has 0 atom stereocenters. The highest BCUT2D eigenvalue weighted by atomic mass is 33.0. The Morgan fingerprint density at radius 1 is 0.219 bits per heavy atom. The Kier molecular flexibility index (Phi) is 14.4. The lowest BCUT2D eigenvalue weighted by Crippen LogP contribution is -2.35. The van der Waals surface area contributed by atoms with Gasteiger partial charge in [0.15, 0.2) is 0 Å². The maximum Gasteiger partial charge on any atom is -0.00502 e. The molecule has 1 aliphatic heterocycles. The van der Waals surface area contributed by atoms with Crippen LogP contribution in [-0.4, -0.2) is 0 Å². The number of aryl methyl sites for hydroxylation is 4. The van der Waals surface area contributed by atoms with Crippen molar-refractivity contribution < 1.29 is 0 Å². The molecule has 0 N–H and O–H groups in total. The summed E-state index contributed by atoms with van der Waals surface area (Å²) in [5, 5.41) is 6.91. The van der Waals surface area contributed by atoms with Crippen LogP contribution in [0.4, 0.5) is 0 Å². The lowest BCUT2D eigenvalue weighted by Gasteiger charge is -2.58. The lowest BCUT2D eigenvalue weighted by molar-refractivity contribution is 0.569. The van der Waals surface area contributed by atoms with Gasteiger partial charge in [-0.2, -0.15) is 0 Å². The number of hydrogen-bond acceptors (Lipinski definition) is 0. The van der Waals surface area contributed by atoms with Crippen molar-refractivity contribution >= 4 is 50.4 Å². The summed E-state index contributed by atoms with van der Waals surface area (Å²) in [5.41, 5.74) is 18.5. The molecular weight excluding hydrogens is 845 g/mol. The predicted molar refractivity (Wildman–Crippen MR) is 301 cm³/mol. The van der Waals surface area contributed by atoms with Gasteiger partial charge in [0.25, 0.3) is 0 Å². The number of hydrogen-bond donors (Lipinski definition) is 0. The van der Waals surface area contributed by atoms with E-state index < -0.39 is 29.2 Å². The van der Waals surface area contributed by atoms with E-state index in [9.17, 15) is 0 Å². The minimum atomic E-state index is -0.656. The van der Waals surface area contributed by atoms with Crippen molar-refractivity contribution in [3.05, 3.63) is 115 Å². The molecule has 352 valence electrons. The summed E-state index contributed by atoms with van der Waals surface area (Å²) in [6.45, 7) is 68.9. The van der Waals surface area contributed by atoms with Gasteiger partial charge in [0.1, 0.15) is 0 Å². The summed E-state index contributed by atoms with van der Waals surface area (Å²) < 4.78 is 0. The maximum absolute atomic E-state index is 2.68. The molecule has 0 aromatic heterocycles. The normalized spacial score (nSPS) is 19.6. The largest absolute Gasteiger partial charge is 0.0561 e. The van der Waals surface area contributed by atoms with Gasteiger partial charge in [0, 0.05) is 0 Å². The van der Waals surface area contributed by atoms with Gasteiger partial charge in [0.05, 0.1) is 0 Å². The molecule has 0 radical (unpaired) electrons. The first-order chi connectivity index (χ1) is 28.5. The molecule has 0 bridgehead atoms. The third-order valence-corrected chi connectivity index (χ3v) is 45.9. The number of benzene rings is 4. The monoisotopic (exact) mass is 937 g/mol. The van der Waals surface area contributed by atoms with E-state index in [4.69, 9.17) is 0 Å². The van der Waals surface area contributed by atoms with Crippen molar-refractivity contribution in [2.45, 2.75) is 237 Å². The highest BCUT2D eigenvalue weighted by Crippen LogP contribution is 3.19. The zero-order chi connectivity index (χ0) is 49.2. The Bertz CT molecular complexity index is 2050. The summed E-state index contributed by atoms with van der Waals surface area (Å²) in [5.74, 6) is 0. The van der Waals surface area contributed by atoms with E-state index in [2.05, 4.69) is 242 Å². The fourth-order valence-electron chi connectivity index (χ4n) is 9.25. The fraction of sp³-hybridized carbons (Fsp3) is 0.600. The molecule has 0 unspecified atom stereocenters. The third kappa shape index (κ3) is 10.6. The Hall–Kier alpha value is -1.40. The van der Waals surface area contributed by atoms with E-state index >= 15 is 0 Å². The quantitative estimate of drug-likeness (QED) is 0.179. The molecule has 5 rings (SSSR count). The van der Waals surface area contributed by atoms with Crippen molar-refractivity contribution in [3.63, 3.8) is 0 Å². The van der Waals surface area contributed by atoms with Crippen LogP contribution >= 0.6 is 29.2 Å². The topological polar surface area (TPSA) is 0 Å². The van der Waals surface area contributed by atoms with Gasteiger partial charge in [-0.3, -0.25) is 0 Å². The summed E-state index contributed by atoms with van der Waals surface area (Å²) in [7, 11) is -2.63. The molecule has 0 aliphatic carbocycles. The molecule has 0 amide bonds. The van der Waals surface area contributed by atoms with Crippen LogP contribution in [0.3, 0.4) is 0 Å². The predicted octanol–water partition coefficient (Wildman–Crippen LogP) is 18.5. The second kappa shape index (κ2) is 17.2. The van der Waals surface area contributed by atoms with Crippen molar-refractivity contribution in [3.8, 4) is 0 Å². The molecule has 0 spiro atoms. The smallest absolute Gasteiger partial charge is 0.00502 e. The fourth-order valence-corrected chi connectivity index (χ4v) is 50.4. The molecule has 0 nitrogen and oxygen atoms in total. The van der Waals surface area contributed by atoms with Gasteiger partial charge in [-0.25, -0.2) is 0 Å². The highest BCUT2D eigenvalue weighted by molar-refractivity contribution is 9.13. The van der Waals surface area contributed by atoms with E-state index in [1.165, 1.54) is 44.5 Å². The third-order valence-electron chi connectivity index (χ3n) is 13.4. The summed E-state index contributed by atoms with van der Waals surface area (Å²) >= 11 is 0. The van der Waals surface area contributed by atoms with Crippen LogP contribution < -0.4 is 21.2 Å². The van der Waals surface area contributed by atoms with Gasteiger partial charge in [-0.15, -0.1) is 0 Å². The van der Waals surface area contributed by atoms with E-state index in [0.717, 1.165) is 0 Å². The molecule has 1 saturated heterocycles. The zero-order valence-corrected chi connectivity index (χ0v) is 50.0. The van der Waals surface area contributed by atoms with Crippen LogP contribution in [0.15, 0.2) is 48.5 Å². The van der Waals surface area contributed by atoms with Gasteiger partial charge >= 0.3 is 0 Å². The standard InChI is InChI=1S/C60H92P4/c1-37-29-41(53(5,6)7)33-45(57(17,18)19)49(37)61-62(50-38(2)30-42(54(8,9)10)34-46(50)58(20,21)22)64(52-40(4)32-44(56(14,15)16)36-48(52)60(26,27)28)63(61)51-39(3)31-43(55(11,12)13)35-47(51)59(23,24)25/h29-36H,1-28H3. The lowest BCUT2D eigenvalue weighted by atomic mass is 9.79. The molecule has 1 fully saturated rings. The second-order valence-electron chi connectivity index (χ2n) is 27.9. The van der Waals surface area contributed by atoms with Gasteiger partial charge in [-0.05, 0) is 188 Å². The summed E-state index contributed by atoms with van der Waals surface area (Å²) in [6.07, 6.45) is 0. The number of rotatable bonds is 4. The average Bonchev–Trinajstić information content (AvgIpc) is 3.06. The van der Waals surface area contributed by atoms with Crippen LogP contribution in [0.2, 0.25) is 0 Å². The van der Waals surface area contributed by atoms with Crippen molar-refractivity contribution in [1.82, 2.24) is 0 Å². The van der Waals surface area contributed by atoms with E-state index in [1.54, 1.807) is 43.5 Å². The molecule has 4 aromatic rings. The molecule has 4 aromatic carbocycles. The molecular formula is C60H92P4. The zero-order valence-electron chi connectivity index (χ0n) is 46.4. The minimum absolute atomic E-state index is 0.0130. The SMILES string of the molecule is Cc1cc(C(C)(C)C)cc(C(C)(C)C)c1P1P(c2c(C)cc(C(C)(C)C)cc2C(C)(C)C)P(c2c(C)cc(C(C)(C)C)cc2C(C)(C)C)P1c1c(C)cc(C(C)(C)C)cc1C(C)(C)C. The first-order valence-electron chi connectivity index (χ1n) is 24.3. The Morgan fingerprint density at radius 3 is 0.469 bits per heavy atom. The van der Waals surface area contributed by atoms with E-state index in [1.807, 2.05) is 0 Å². The van der Waals surface area contributed by atoms with Crippen LogP contribution in [0, 0.1) is 27.7 Å². The minimum Gasteiger partial charge on any atom is -0.0561 e. The Morgan fingerprint density at radius 2 is 0.359 bits per heavy atom. The molecule has 64 heavy (non-hydrogen) atoms. The molecule has 4 heteroatoms. The van der Waals surface area contributed by atoms with Crippen molar-refractivity contribution in [2.24, 2.45) is 0 Å². The first-order valence-corrected chi connectivity index (χ1v) is 32.5. The van der Waals surface area contributed by atoms with E-state index in [-0.39, 0.29) is 43.3 Å². The van der Waals surface area contributed by atoms with Crippen LogP contribution in [0.25, 0.3) is 0 Å². The van der Waals surface area contributed by atoms with Gasteiger partial charge in [0.2, 0.25) is 0 Å². The van der Waals surface area contributed by atoms with Gasteiger partial charge < -0.3 is 0 Å². The Balaban J connectivity index is 2.17. The van der Waals surface area contributed by atoms with Crippen LogP contribution in [0.5, 0.6) is 0 Å². The van der Waals surface area contributed by atoms with Crippen molar-refractivity contribution in [2.75, 3.05) is 0 Å². The summed E-state index contributed by atoms with van der Waals surface area (Å²) in [6, 6.07) is 21.2. The molecule has 1 aliphatic rings. The summed E-state index contributed by atoms with van der Waals surface area (Å²) in [4.78, 5) is 0. The first kappa shape index (κ1) is 53.6. The van der Waals surface area contributed by atoms with Crippen LogP contribution in [0.1, 0.15) is 233 Å². The Labute approximate surface area is 400 Å². The van der Waals surface area contributed by atoms with Crippen molar-refractivity contribution in [1.29, 1.82) is 0 Å². The van der Waals surface area contributed by atoms with E-state index in [0.29, 0.717) is 0 Å². The van der Waals surface area contributed by atoms with Gasteiger partial charge in [-0.1, -0.05) is 215 Å². The molecule has 0 saturated carbocycles. The highest BCUT2D eigenvalue weighted by Gasteiger charge is 2.58. The second-order valence-corrected chi connectivity index (χ2v) is 45.4. The van der Waals surface area contributed by atoms with Crippen LogP contribution in [-0.2, 0) is 43.3 Å². The average molecular weight is 937 g/mol.